The van der Waals surface area contributed by atoms with E-state index in [2.05, 4.69) is 5.32 Å². The largest absolute Gasteiger partial charge is 0.392 e. The van der Waals surface area contributed by atoms with Crippen molar-refractivity contribution >= 4 is 24.8 Å². The van der Waals surface area contributed by atoms with E-state index >= 15 is 0 Å². The van der Waals surface area contributed by atoms with Crippen molar-refractivity contribution in [1.82, 2.24) is 5.32 Å². The van der Waals surface area contributed by atoms with Crippen LogP contribution in [0, 0.1) is 0 Å². The fraction of sp³-hybridized carbons (Fsp3) is 1.00. The second-order valence-electron chi connectivity index (χ2n) is 2.23. The molecule has 2 atom stereocenters. The number of halogens is 2. The molecule has 1 fully saturated rings. The van der Waals surface area contributed by atoms with E-state index in [-0.39, 0.29) is 30.9 Å². The van der Waals surface area contributed by atoms with Gasteiger partial charge in [-0.3, -0.25) is 0 Å². The minimum atomic E-state index is -0.163. The number of aliphatic hydroxyl groups is 1. The van der Waals surface area contributed by atoms with Gasteiger partial charge in [0.2, 0.25) is 0 Å². The van der Waals surface area contributed by atoms with E-state index in [0.29, 0.717) is 19.1 Å². The number of aliphatic hydroxyl groups excluding tert-OH is 1. The number of hydrogen-bond acceptors (Lipinski definition) is 3. The van der Waals surface area contributed by atoms with Crippen molar-refractivity contribution in [2.75, 3.05) is 13.1 Å². The van der Waals surface area contributed by atoms with Gasteiger partial charge in [-0.1, -0.05) is 0 Å². The molecule has 0 aromatic heterocycles. The molecule has 1 aliphatic rings. The van der Waals surface area contributed by atoms with Gasteiger partial charge < -0.3 is 16.2 Å². The average Bonchev–Trinajstić information content (AvgIpc) is 2.14. The second-order valence-corrected chi connectivity index (χ2v) is 2.23. The average molecular weight is 189 g/mol. The molecule has 0 radical (unpaired) electrons. The Morgan fingerprint density at radius 3 is 2.30 bits per heavy atom. The third-order valence-corrected chi connectivity index (χ3v) is 1.48. The molecule has 1 aliphatic heterocycles. The van der Waals surface area contributed by atoms with Crippen LogP contribution in [0.25, 0.3) is 0 Å². The van der Waals surface area contributed by atoms with Gasteiger partial charge in [-0.15, -0.1) is 24.8 Å². The van der Waals surface area contributed by atoms with Gasteiger partial charge in [0.15, 0.2) is 0 Å². The van der Waals surface area contributed by atoms with Crippen molar-refractivity contribution in [2.45, 2.75) is 18.6 Å². The summed E-state index contributed by atoms with van der Waals surface area (Å²) in [6.07, 6.45) is 0.653. The molecule has 0 aliphatic carbocycles. The Labute approximate surface area is 73.2 Å². The van der Waals surface area contributed by atoms with Crippen LogP contribution in [0.5, 0.6) is 0 Å². The summed E-state index contributed by atoms with van der Waals surface area (Å²) in [6, 6.07) is 0.352. The number of rotatable bonds is 1. The number of nitrogens with one attached hydrogen (secondary N) is 1. The van der Waals surface area contributed by atoms with E-state index in [1.165, 1.54) is 0 Å². The van der Waals surface area contributed by atoms with Gasteiger partial charge in [0.25, 0.3) is 0 Å². The fourth-order valence-electron chi connectivity index (χ4n) is 0.977. The molecule has 0 saturated carbocycles. The lowest BCUT2D eigenvalue weighted by atomic mass is 10.2. The SMILES string of the molecule is Cl.Cl.NC[C@@H]1C[C@H](O)CN1. The van der Waals surface area contributed by atoms with Crippen LogP contribution in [0.2, 0.25) is 0 Å². The molecule has 0 spiro atoms. The Morgan fingerprint density at radius 1 is 1.50 bits per heavy atom. The van der Waals surface area contributed by atoms with Crippen molar-refractivity contribution in [3.8, 4) is 0 Å². The molecule has 0 aromatic rings. The molecule has 0 aromatic carbocycles. The maximum absolute atomic E-state index is 8.91. The first-order chi connectivity index (χ1) is 3.83. The number of nitrogens with two attached hydrogens (primary N) is 1. The van der Waals surface area contributed by atoms with Crippen molar-refractivity contribution < 1.29 is 5.11 Å². The maximum Gasteiger partial charge on any atom is 0.0680 e. The molecule has 5 heteroatoms. The van der Waals surface area contributed by atoms with Crippen LogP contribution in [0.3, 0.4) is 0 Å². The summed E-state index contributed by atoms with van der Waals surface area (Å²) in [6.45, 7) is 1.35. The summed E-state index contributed by atoms with van der Waals surface area (Å²) in [5.41, 5.74) is 5.32. The van der Waals surface area contributed by atoms with Crippen molar-refractivity contribution in [1.29, 1.82) is 0 Å². The van der Waals surface area contributed by atoms with Gasteiger partial charge in [0, 0.05) is 19.1 Å². The molecule has 10 heavy (non-hydrogen) atoms. The highest BCUT2D eigenvalue weighted by atomic mass is 35.5. The molecule has 1 heterocycles. The van der Waals surface area contributed by atoms with Crippen LogP contribution in [0.15, 0.2) is 0 Å². The summed E-state index contributed by atoms with van der Waals surface area (Å²) >= 11 is 0. The predicted molar refractivity (Wildman–Crippen MR) is 46.0 cm³/mol. The first kappa shape index (κ1) is 13.1. The van der Waals surface area contributed by atoms with Crippen LogP contribution >= 0.6 is 24.8 Å². The van der Waals surface area contributed by atoms with Crippen LogP contribution in [-0.4, -0.2) is 30.3 Å². The lowest BCUT2D eigenvalue weighted by Gasteiger charge is -2.02. The van der Waals surface area contributed by atoms with Gasteiger partial charge in [-0.25, -0.2) is 0 Å². The maximum atomic E-state index is 8.91. The van der Waals surface area contributed by atoms with Crippen LogP contribution in [-0.2, 0) is 0 Å². The van der Waals surface area contributed by atoms with Gasteiger partial charge in [0.1, 0.15) is 0 Å². The van der Waals surface area contributed by atoms with Crippen LogP contribution < -0.4 is 11.1 Å². The Bertz CT molecular complexity index is 84.0. The van der Waals surface area contributed by atoms with E-state index in [1.54, 1.807) is 0 Å². The topological polar surface area (TPSA) is 58.3 Å². The lowest BCUT2D eigenvalue weighted by Crippen LogP contribution is -2.29. The zero-order valence-electron chi connectivity index (χ0n) is 5.62. The van der Waals surface area contributed by atoms with Crippen LogP contribution in [0.4, 0.5) is 0 Å². The van der Waals surface area contributed by atoms with Crippen molar-refractivity contribution in [3.63, 3.8) is 0 Å². The summed E-state index contributed by atoms with van der Waals surface area (Å²) in [5, 5.41) is 12.0. The minimum absolute atomic E-state index is 0. The molecular formula is C5H14Cl2N2O. The van der Waals surface area contributed by atoms with E-state index in [1.807, 2.05) is 0 Å². The highest BCUT2D eigenvalue weighted by Gasteiger charge is 2.19. The van der Waals surface area contributed by atoms with Crippen molar-refractivity contribution in [3.05, 3.63) is 0 Å². The molecule has 0 amide bonds. The fourth-order valence-corrected chi connectivity index (χ4v) is 0.977. The molecule has 1 saturated heterocycles. The van der Waals surface area contributed by atoms with Gasteiger partial charge in [0.05, 0.1) is 6.10 Å². The van der Waals surface area contributed by atoms with E-state index in [0.717, 1.165) is 6.42 Å². The third-order valence-electron chi connectivity index (χ3n) is 1.48. The zero-order chi connectivity index (χ0) is 5.98. The Balaban J connectivity index is 0. The Hall–Kier alpha value is 0.460. The summed E-state index contributed by atoms with van der Waals surface area (Å²) in [5.74, 6) is 0. The van der Waals surface area contributed by atoms with Gasteiger partial charge in [-0.2, -0.15) is 0 Å². The van der Waals surface area contributed by atoms with Gasteiger partial charge >= 0.3 is 0 Å². The highest BCUT2D eigenvalue weighted by Crippen LogP contribution is 2.03. The molecule has 0 bridgehead atoms. The molecule has 3 nitrogen and oxygen atoms in total. The number of hydrogen-bond donors (Lipinski definition) is 3. The Morgan fingerprint density at radius 2 is 2.10 bits per heavy atom. The monoisotopic (exact) mass is 188 g/mol. The molecule has 1 rings (SSSR count). The quantitative estimate of drug-likeness (QED) is 0.521. The van der Waals surface area contributed by atoms with Crippen molar-refractivity contribution in [2.24, 2.45) is 5.73 Å². The number of β-amino-alcohol motifs (C(OH)–C–C–N with tert-alkyl or cyclic N) is 1. The van der Waals surface area contributed by atoms with E-state index < -0.39 is 0 Å². The predicted octanol–water partition coefficient (Wildman–Crippen LogP) is -0.489. The summed E-state index contributed by atoms with van der Waals surface area (Å²) in [7, 11) is 0. The lowest BCUT2D eigenvalue weighted by molar-refractivity contribution is 0.193. The second kappa shape index (κ2) is 6.19. The standard InChI is InChI=1S/C5H12N2O.2ClH/c6-2-4-1-5(8)3-7-4;;/h4-5,7-8H,1-3,6H2;2*1H/t4-,5-;;/m0../s1. The summed E-state index contributed by atoms with van der Waals surface area (Å²) in [4.78, 5) is 0. The first-order valence-corrected chi connectivity index (χ1v) is 2.94. The smallest absolute Gasteiger partial charge is 0.0680 e. The third kappa shape index (κ3) is 3.58. The molecule has 64 valence electrons. The zero-order valence-corrected chi connectivity index (χ0v) is 7.25. The van der Waals surface area contributed by atoms with E-state index in [4.69, 9.17) is 10.8 Å². The highest BCUT2D eigenvalue weighted by molar-refractivity contribution is 5.85. The first-order valence-electron chi connectivity index (χ1n) is 2.94. The van der Waals surface area contributed by atoms with Gasteiger partial charge in [-0.05, 0) is 6.42 Å². The minimum Gasteiger partial charge on any atom is -0.392 e. The Kier molecular flexibility index (Phi) is 8.09. The molecular weight excluding hydrogens is 175 g/mol. The normalized spacial score (nSPS) is 30.6. The van der Waals surface area contributed by atoms with E-state index in [9.17, 15) is 0 Å². The molecule has 4 N–H and O–H groups in total. The molecule has 0 unspecified atom stereocenters. The summed E-state index contributed by atoms with van der Waals surface area (Å²) < 4.78 is 0. The van der Waals surface area contributed by atoms with Crippen LogP contribution in [0.1, 0.15) is 6.42 Å².